The van der Waals surface area contributed by atoms with Crippen molar-refractivity contribution in [2.24, 2.45) is 5.92 Å². The molecule has 1 amide bonds. The molecule has 0 aromatic heterocycles. The molecule has 13 heavy (non-hydrogen) atoms. The van der Waals surface area contributed by atoms with E-state index in [-0.39, 0.29) is 18.1 Å². The topological polar surface area (TPSA) is 32.3 Å². The van der Waals surface area contributed by atoms with Crippen LogP contribution in [0.15, 0.2) is 0 Å². The second-order valence-electron chi connectivity index (χ2n) is 3.94. The fourth-order valence-electron chi connectivity index (χ4n) is 1.89. The normalized spacial score (nSPS) is 29.0. The van der Waals surface area contributed by atoms with Crippen molar-refractivity contribution in [1.29, 1.82) is 0 Å². The number of likely N-dealkylation sites (N-methyl/N-ethyl adjacent to an activating group) is 1. The van der Waals surface area contributed by atoms with Crippen LogP contribution >= 0.6 is 0 Å². The smallest absolute Gasteiger partial charge is 0.241 e. The van der Waals surface area contributed by atoms with E-state index in [1.165, 1.54) is 0 Å². The van der Waals surface area contributed by atoms with Gasteiger partial charge in [0.15, 0.2) is 0 Å². The number of carbonyl (C=O) groups excluding carboxylic acids is 1. The molecule has 3 nitrogen and oxygen atoms in total. The number of hydrogen-bond donors (Lipinski definition) is 1. The second-order valence-corrected chi connectivity index (χ2v) is 3.94. The zero-order chi connectivity index (χ0) is 10.0. The minimum Gasteiger partial charge on any atom is -0.326 e. The van der Waals surface area contributed by atoms with E-state index in [2.05, 4.69) is 26.1 Å². The highest BCUT2D eigenvalue weighted by molar-refractivity contribution is 5.84. The summed E-state index contributed by atoms with van der Waals surface area (Å²) in [7, 11) is 0. The van der Waals surface area contributed by atoms with E-state index in [0.717, 1.165) is 13.0 Å². The maximum absolute atomic E-state index is 11.8. The third kappa shape index (κ3) is 1.85. The van der Waals surface area contributed by atoms with Gasteiger partial charge in [-0.2, -0.15) is 0 Å². The van der Waals surface area contributed by atoms with Gasteiger partial charge in [0, 0.05) is 6.54 Å². The standard InChI is InChI=1S/C10H20N2O/c1-5-8-11-9(7(3)4)10(13)12(8)6-2/h7-9,11H,5-6H2,1-4H3. The highest BCUT2D eigenvalue weighted by Crippen LogP contribution is 2.17. The van der Waals surface area contributed by atoms with Crippen molar-refractivity contribution >= 4 is 5.91 Å². The highest BCUT2D eigenvalue weighted by Gasteiger charge is 2.38. The highest BCUT2D eigenvalue weighted by atomic mass is 16.2. The molecule has 1 N–H and O–H groups in total. The van der Waals surface area contributed by atoms with Crippen molar-refractivity contribution in [2.75, 3.05) is 6.54 Å². The molecule has 1 aliphatic rings. The lowest BCUT2D eigenvalue weighted by atomic mass is 10.1. The number of carbonyl (C=O) groups is 1. The lowest BCUT2D eigenvalue weighted by Crippen LogP contribution is -2.36. The SMILES string of the molecule is CCC1NC(C(C)C)C(=O)N1CC. The van der Waals surface area contributed by atoms with Crippen LogP contribution in [-0.4, -0.2) is 29.6 Å². The van der Waals surface area contributed by atoms with E-state index in [1.54, 1.807) is 0 Å². The summed E-state index contributed by atoms with van der Waals surface area (Å²) in [5, 5.41) is 3.37. The molecule has 0 radical (unpaired) electrons. The molecule has 0 saturated carbocycles. The molecular formula is C10H20N2O. The molecule has 0 aromatic carbocycles. The first-order valence-electron chi connectivity index (χ1n) is 5.18. The van der Waals surface area contributed by atoms with E-state index in [4.69, 9.17) is 0 Å². The number of nitrogens with one attached hydrogen (secondary N) is 1. The van der Waals surface area contributed by atoms with E-state index >= 15 is 0 Å². The van der Waals surface area contributed by atoms with Gasteiger partial charge in [-0.25, -0.2) is 0 Å². The Labute approximate surface area is 80.5 Å². The van der Waals surface area contributed by atoms with Crippen LogP contribution in [0.25, 0.3) is 0 Å². The average Bonchev–Trinajstić information content (AvgIpc) is 2.41. The quantitative estimate of drug-likeness (QED) is 0.714. The Bertz CT molecular complexity index is 187. The van der Waals surface area contributed by atoms with Gasteiger partial charge in [-0.15, -0.1) is 0 Å². The minimum atomic E-state index is 0.0323. The third-order valence-electron chi connectivity index (χ3n) is 2.69. The molecule has 3 heteroatoms. The fourth-order valence-corrected chi connectivity index (χ4v) is 1.89. The number of amides is 1. The molecule has 0 aliphatic carbocycles. The Balaban J connectivity index is 2.71. The van der Waals surface area contributed by atoms with Crippen LogP contribution in [0.1, 0.15) is 34.1 Å². The first-order chi connectivity index (χ1) is 6.11. The van der Waals surface area contributed by atoms with Crippen LogP contribution in [-0.2, 0) is 4.79 Å². The maximum atomic E-state index is 11.8. The van der Waals surface area contributed by atoms with E-state index in [9.17, 15) is 4.79 Å². The third-order valence-corrected chi connectivity index (χ3v) is 2.69. The van der Waals surface area contributed by atoms with Gasteiger partial charge in [-0.3, -0.25) is 10.1 Å². The molecule has 2 unspecified atom stereocenters. The van der Waals surface area contributed by atoms with Crippen LogP contribution in [0.4, 0.5) is 0 Å². The summed E-state index contributed by atoms with van der Waals surface area (Å²) < 4.78 is 0. The zero-order valence-corrected chi connectivity index (χ0v) is 9.00. The van der Waals surface area contributed by atoms with Gasteiger partial charge in [0.05, 0.1) is 12.2 Å². The zero-order valence-electron chi connectivity index (χ0n) is 9.00. The molecule has 1 fully saturated rings. The van der Waals surface area contributed by atoms with E-state index < -0.39 is 0 Å². The van der Waals surface area contributed by atoms with Crippen LogP contribution in [0, 0.1) is 5.92 Å². The Morgan fingerprint density at radius 2 is 2.08 bits per heavy atom. The minimum absolute atomic E-state index is 0.0323. The van der Waals surface area contributed by atoms with Crippen molar-refractivity contribution < 1.29 is 4.79 Å². The largest absolute Gasteiger partial charge is 0.326 e. The van der Waals surface area contributed by atoms with Crippen molar-refractivity contribution in [2.45, 2.75) is 46.3 Å². The molecular weight excluding hydrogens is 164 g/mol. The Morgan fingerprint density at radius 3 is 2.38 bits per heavy atom. The summed E-state index contributed by atoms with van der Waals surface area (Å²) in [5.74, 6) is 0.655. The summed E-state index contributed by atoms with van der Waals surface area (Å²) >= 11 is 0. The molecule has 76 valence electrons. The summed E-state index contributed by atoms with van der Waals surface area (Å²) in [6, 6.07) is 0.0323. The molecule has 0 aromatic rings. The Morgan fingerprint density at radius 1 is 1.46 bits per heavy atom. The fraction of sp³-hybridized carbons (Fsp3) is 0.900. The number of rotatable bonds is 3. The van der Waals surface area contributed by atoms with Gasteiger partial charge in [-0.05, 0) is 19.3 Å². The average molecular weight is 184 g/mol. The van der Waals surface area contributed by atoms with Crippen molar-refractivity contribution in [3.05, 3.63) is 0 Å². The summed E-state index contributed by atoms with van der Waals surface area (Å²) in [6.07, 6.45) is 1.24. The van der Waals surface area contributed by atoms with Gasteiger partial charge in [0.25, 0.3) is 0 Å². The van der Waals surface area contributed by atoms with E-state index in [1.807, 2.05) is 11.8 Å². The van der Waals surface area contributed by atoms with Gasteiger partial charge in [-0.1, -0.05) is 20.8 Å². The van der Waals surface area contributed by atoms with Gasteiger partial charge >= 0.3 is 0 Å². The maximum Gasteiger partial charge on any atom is 0.241 e. The van der Waals surface area contributed by atoms with E-state index in [0.29, 0.717) is 5.92 Å². The predicted molar refractivity (Wildman–Crippen MR) is 53.2 cm³/mol. The Kier molecular flexibility index (Phi) is 3.31. The monoisotopic (exact) mass is 184 g/mol. The van der Waals surface area contributed by atoms with Crippen LogP contribution in [0.5, 0.6) is 0 Å². The Hall–Kier alpha value is -0.570. The van der Waals surface area contributed by atoms with Gasteiger partial charge in [0.2, 0.25) is 5.91 Å². The van der Waals surface area contributed by atoms with Gasteiger partial charge < -0.3 is 4.90 Å². The first kappa shape index (κ1) is 10.5. The molecule has 1 saturated heterocycles. The second kappa shape index (κ2) is 4.09. The molecule has 0 bridgehead atoms. The lowest BCUT2D eigenvalue weighted by molar-refractivity contribution is -0.130. The van der Waals surface area contributed by atoms with Crippen molar-refractivity contribution in [1.82, 2.24) is 10.2 Å². The summed E-state index contributed by atoms with van der Waals surface area (Å²) in [5.41, 5.74) is 0. The number of hydrogen-bond acceptors (Lipinski definition) is 2. The predicted octanol–water partition coefficient (Wildman–Crippen LogP) is 1.20. The number of nitrogens with zero attached hydrogens (tertiary/aromatic N) is 1. The summed E-state index contributed by atoms with van der Waals surface area (Å²) in [4.78, 5) is 13.7. The molecule has 1 rings (SSSR count). The van der Waals surface area contributed by atoms with Crippen molar-refractivity contribution in [3.63, 3.8) is 0 Å². The lowest BCUT2D eigenvalue weighted by Gasteiger charge is -2.20. The van der Waals surface area contributed by atoms with Gasteiger partial charge in [0.1, 0.15) is 0 Å². The molecule has 2 atom stereocenters. The van der Waals surface area contributed by atoms with Crippen molar-refractivity contribution in [3.8, 4) is 0 Å². The summed E-state index contributed by atoms with van der Waals surface area (Å²) in [6.45, 7) is 9.12. The molecule has 1 heterocycles. The first-order valence-corrected chi connectivity index (χ1v) is 5.18. The van der Waals surface area contributed by atoms with Crippen LogP contribution in [0.3, 0.4) is 0 Å². The van der Waals surface area contributed by atoms with Crippen LogP contribution in [0.2, 0.25) is 0 Å². The van der Waals surface area contributed by atoms with Crippen LogP contribution < -0.4 is 5.32 Å². The molecule has 0 spiro atoms. The molecule has 1 aliphatic heterocycles.